The van der Waals surface area contributed by atoms with Gasteiger partial charge in [-0.1, -0.05) is 5.16 Å². The maximum atomic E-state index is 10.7. The number of hydrogen-bond acceptors (Lipinski definition) is 6. The molecule has 2 atom stereocenters. The molecular formula is C11H11N3O3S. The molecule has 1 aliphatic rings. The van der Waals surface area contributed by atoms with Crippen LogP contribution in [-0.4, -0.2) is 26.2 Å². The van der Waals surface area contributed by atoms with Crippen LogP contribution in [0.3, 0.4) is 0 Å². The molecule has 0 bridgehead atoms. The fourth-order valence-corrected chi connectivity index (χ4v) is 2.49. The van der Waals surface area contributed by atoms with E-state index in [9.17, 15) is 4.79 Å². The molecule has 1 fully saturated rings. The van der Waals surface area contributed by atoms with E-state index in [1.807, 2.05) is 12.3 Å². The molecule has 0 radical (unpaired) electrons. The van der Waals surface area contributed by atoms with E-state index in [1.165, 1.54) is 0 Å². The zero-order chi connectivity index (χ0) is 12.7. The van der Waals surface area contributed by atoms with Crippen LogP contribution in [0.2, 0.25) is 0 Å². The molecule has 1 aliphatic carbocycles. The smallest absolute Gasteiger partial charge is 0.307 e. The minimum atomic E-state index is -0.796. The molecule has 2 aromatic heterocycles. The maximum Gasteiger partial charge on any atom is 0.307 e. The number of aliphatic carboxylic acids is 1. The van der Waals surface area contributed by atoms with Gasteiger partial charge in [0.2, 0.25) is 5.89 Å². The Morgan fingerprint density at radius 1 is 1.61 bits per heavy atom. The molecule has 3 rings (SSSR count). The van der Waals surface area contributed by atoms with Crippen LogP contribution in [-0.2, 0) is 11.2 Å². The van der Waals surface area contributed by atoms with E-state index in [0.717, 1.165) is 10.7 Å². The van der Waals surface area contributed by atoms with Crippen molar-refractivity contribution >= 4 is 17.3 Å². The Hall–Kier alpha value is -1.76. The molecule has 0 saturated heterocycles. The van der Waals surface area contributed by atoms with E-state index in [2.05, 4.69) is 15.1 Å². The van der Waals surface area contributed by atoms with E-state index in [4.69, 9.17) is 9.63 Å². The molecule has 0 spiro atoms. The summed E-state index contributed by atoms with van der Waals surface area (Å²) in [7, 11) is 0. The number of nitrogens with zero attached hydrogens (tertiary/aromatic N) is 3. The maximum absolute atomic E-state index is 10.7. The Kier molecular flexibility index (Phi) is 2.62. The zero-order valence-electron chi connectivity index (χ0n) is 9.66. The van der Waals surface area contributed by atoms with E-state index >= 15 is 0 Å². The summed E-state index contributed by atoms with van der Waals surface area (Å²) in [5.74, 6) is -0.272. The normalized spacial score (nSPS) is 22.1. The van der Waals surface area contributed by atoms with E-state index in [-0.39, 0.29) is 11.8 Å². The van der Waals surface area contributed by atoms with Gasteiger partial charge in [0.1, 0.15) is 0 Å². The van der Waals surface area contributed by atoms with Crippen LogP contribution in [0.4, 0.5) is 0 Å². The third-order valence-corrected chi connectivity index (χ3v) is 3.74. The van der Waals surface area contributed by atoms with Gasteiger partial charge in [-0.3, -0.25) is 4.79 Å². The van der Waals surface area contributed by atoms with Crippen LogP contribution in [0.1, 0.15) is 34.8 Å². The van der Waals surface area contributed by atoms with E-state index in [0.29, 0.717) is 24.6 Å². The van der Waals surface area contributed by atoms with Gasteiger partial charge in [-0.05, 0) is 13.3 Å². The van der Waals surface area contributed by atoms with Crippen molar-refractivity contribution in [2.45, 2.75) is 25.7 Å². The first-order valence-corrected chi connectivity index (χ1v) is 6.47. The monoisotopic (exact) mass is 265 g/mol. The highest BCUT2D eigenvalue weighted by Gasteiger charge is 2.48. The highest BCUT2D eigenvalue weighted by atomic mass is 32.1. The predicted octanol–water partition coefficient (Wildman–Crippen LogP) is 1.61. The van der Waals surface area contributed by atoms with Crippen molar-refractivity contribution in [3.8, 4) is 0 Å². The Labute approximate surface area is 107 Å². The van der Waals surface area contributed by atoms with Crippen LogP contribution >= 0.6 is 11.3 Å². The molecule has 1 N–H and O–H groups in total. The first kappa shape index (κ1) is 11.3. The van der Waals surface area contributed by atoms with Gasteiger partial charge in [0.25, 0.3) is 0 Å². The van der Waals surface area contributed by atoms with Crippen LogP contribution in [0.5, 0.6) is 0 Å². The van der Waals surface area contributed by atoms with Gasteiger partial charge in [-0.2, -0.15) is 4.98 Å². The SMILES string of the molecule is Cc1nc(Cc2noc(C3CC3C(=O)O)n2)cs1. The molecule has 1 saturated carbocycles. The second kappa shape index (κ2) is 4.16. The average Bonchev–Trinajstić information content (AvgIpc) is 2.84. The summed E-state index contributed by atoms with van der Waals surface area (Å²) >= 11 is 1.58. The lowest BCUT2D eigenvalue weighted by atomic mass is 10.3. The Balaban J connectivity index is 1.69. The van der Waals surface area contributed by atoms with Crippen LogP contribution in [0, 0.1) is 12.8 Å². The number of rotatable bonds is 4. The molecule has 2 heterocycles. The van der Waals surface area contributed by atoms with Gasteiger partial charge in [-0.25, -0.2) is 4.98 Å². The summed E-state index contributed by atoms with van der Waals surface area (Å²) in [4.78, 5) is 19.3. The average molecular weight is 265 g/mol. The molecule has 2 aromatic rings. The third-order valence-electron chi connectivity index (χ3n) is 2.91. The Morgan fingerprint density at radius 2 is 2.44 bits per heavy atom. The minimum Gasteiger partial charge on any atom is -0.481 e. The molecule has 7 heteroatoms. The molecule has 0 aromatic carbocycles. The molecule has 6 nitrogen and oxygen atoms in total. The topological polar surface area (TPSA) is 89.1 Å². The van der Waals surface area contributed by atoms with Crippen molar-refractivity contribution in [1.29, 1.82) is 0 Å². The van der Waals surface area contributed by atoms with Gasteiger partial charge >= 0.3 is 5.97 Å². The first-order chi connectivity index (χ1) is 8.63. The van der Waals surface area contributed by atoms with Gasteiger partial charge in [0.15, 0.2) is 5.82 Å². The lowest BCUT2D eigenvalue weighted by Crippen LogP contribution is -1.99. The Bertz CT molecular complexity index is 592. The number of hydrogen-bond donors (Lipinski definition) is 1. The zero-order valence-corrected chi connectivity index (χ0v) is 10.5. The molecular weight excluding hydrogens is 254 g/mol. The number of thiazole rings is 1. The van der Waals surface area contributed by atoms with Crippen molar-refractivity contribution in [3.63, 3.8) is 0 Å². The van der Waals surface area contributed by atoms with Gasteiger partial charge in [0, 0.05) is 5.38 Å². The number of aromatic nitrogens is 3. The summed E-state index contributed by atoms with van der Waals surface area (Å²) in [5.41, 5.74) is 0.912. The quantitative estimate of drug-likeness (QED) is 0.903. The summed E-state index contributed by atoms with van der Waals surface area (Å²) in [6, 6.07) is 0. The molecule has 18 heavy (non-hydrogen) atoms. The summed E-state index contributed by atoms with van der Waals surface area (Å²) in [6.45, 7) is 1.94. The van der Waals surface area contributed by atoms with Crippen LogP contribution < -0.4 is 0 Å². The van der Waals surface area contributed by atoms with Gasteiger partial charge in [0.05, 0.1) is 29.0 Å². The molecule has 0 aliphatic heterocycles. The largest absolute Gasteiger partial charge is 0.481 e. The second-order valence-corrected chi connectivity index (χ2v) is 5.43. The lowest BCUT2D eigenvalue weighted by molar-refractivity contribution is -0.138. The van der Waals surface area contributed by atoms with Crippen molar-refractivity contribution < 1.29 is 14.4 Å². The lowest BCUT2D eigenvalue weighted by Gasteiger charge is -1.88. The van der Waals surface area contributed by atoms with Crippen molar-refractivity contribution in [3.05, 3.63) is 27.8 Å². The van der Waals surface area contributed by atoms with Crippen molar-refractivity contribution in [1.82, 2.24) is 15.1 Å². The highest BCUT2D eigenvalue weighted by Crippen LogP contribution is 2.46. The second-order valence-electron chi connectivity index (χ2n) is 4.37. The standard InChI is InChI=1S/C11H11N3O3S/c1-5-12-6(4-18-5)2-9-13-10(17-14-9)7-3-8(7)11(15)16/h4,7-8H,2-3H2,1H3,(H,15,16). The fraction of sp³-hybridized carbons (Fsp3) is 0.455. The summed E-state index contributed by atoms with van der Waals surface area (Å²) < 4.78 is 5.10. The van der Waals surface area contributed by atoms with Crippen LogP contribution in [0.25, 0.3) is 0 Å². The number of carboxylic acid groups (broad SMARTS) is 1. The Morgan fingerprint density at radius 3 is 3.06 bits per heavy atom. The minimum absolute atomic E-state index is 0.110. The molecule has 2 unspecified atom stereocenters. The van der Waals surface area contributed by atoms with E-state index < -0.39 is 5.97 Å². The third kappa shape index (κ3) is 2.13. The molecule has 94 valence electrons. The number of aryl methyl sites for hydroxylation is 1. The predicted molar refractivity (Wildman–Crippen MR) is 62.4 cm³/mol. The van der Waals surface area contributed by atoms with Crippen LogP contribution in [0.15, 0.2) is 9.90 Å². The van der Waals surface area contributed by atoms with E-state index in [1.54, 1.807) is 11.3 Å². The summed E-state index contributed by atoms with van der Waals surface area (Å²) in [5, 5.41) is 15.7. The number of carbonyl (C=O) groups is 1. The highest BCUT2D eigenvalue weighted by molar-refractivity contribution is 7.09. The van der Waals surface area contributed by atoms with Crippen molar-refractivity contribution in [2.24, 2.45) is 5.92 Å². The van der Waals surface area contributed by atoms with Crippen molar-refractivity contribution in [2.75, 3.05) is 0 Å². The fourth-order valence-electron chi connectivity index (χ4n) is 1.88. The number of carboxylic acids is 1. The van der Waals surface area contributed by atoms with Gasteiger partial charge < -0.3 is 9.63 Å². The van der Waals surface area contributed by atoms with Gasteiger partial charge in [-0.15, -0.1) is 11.3 Å². The molecule has 0 amide bonds. The summed E-state index contributed by atoms with van der Waals surface area (Å²) in [6.07, 6.45) is 1.12. The first-order valence-electron chi connectivity index (χ1n) is 5.60.